The van der Waals surface area contributed by atoms with Crippen LogP contribution < -0.4 is 5.32 Å². The molecule has 0 unspecified atom stereocenters. The van der Waals surface area contributed by atoms with Crippen LogP contribution in [0.3, 0.4) is 0 Å². The number of aromatic amines is 1. The number of anilines is 1. The number of hydrogen-bond acceptors (Lipinski definition) is 4. The molecule has 0 radical (unpaired) electrons. The van der Waals surface area contributed by atoms with Crippen LogP contribution in [0.25, 0.3) is 11.4 Å². The minimum Gasteiger partial charge on any atom is -0.354 e. The fourth-order valence-corrected chi connectivity index (χ4v) is 4.64. The van der Waals surface area contributed by atoms with Gasteiger partial charge in [-0.15, -0.1) is 10.2 Å². The molecule has 1 amide bonds. The van der Waals surface area contributed by atoms with E-state index >= 15 is 0 Å². The van der Waals surface area contributed by atoms with Crippen molar-refractivity contribution in [2.45, 2.75) is 58.4 Å². The van der Waals surface area contributed by atoms with Gasteiger partial charge in [0.05, 0.1) is 5.69 Å². The van der Waals surface area contributed by atoms with Crippen molar-refractivity contribution in [1.82, 2.24) is 19.7 Å². The molecule has 0 saturated heterocycles. The monoisotopic (exact) mass is 421 g/mol. The van der Waals surface area contributed by atoms with E-state index in [1.807, 2.05) is 0 Å². The smallest absolute Gasteiger partial charge is 0.272 e. The molecule has 3 heterocycles. The highest BCUT2D eigenvalue weighted by atomic mass is 19.1. The van der Waals surface area contributed by atoms with Gasteiger partial charge >= 0.3 is 0 Å². The molecule has 1 aliphatic carbocycles. The SMILES string of the molecule is Cc1c(C(=O)Nc2cc(-c3nnc4n3CCCCC4)ccc2F)[nH]c2c1C(=O)CCC2. The predicted molar refractivity (Wildman–Crippen MR) is 114 cm³/mol. The Morgan fingerprint density at radius 3 is 2.84 bits per heavy atom. The van der Waals surface area contributed by atoms with Crippen LogP contribution >= 0.6 is 0 Å². The third-order valence-electron chi connectivity index (χ3n) is 6.25. The number of rotatable bonds is 3. The normalized spacial score (nSPS) is 15.9. The molecule has 160 valence electrons. The lowest BCUT2D eigenvalue weighted by molar-refractivity contribution is 0.0971. The number of nitrogens with one attached hydrogen (secondary N) is 2. The number of amides is 1. The van der Waals surface area contributed by atoms with Crippen LogP contribution in [0.5, 0.6) is 0 Å². The molecule has 1 aliphatic heterocycles. The van der Waals surface area contributed by atoms with Crippen LogP contribution in [0, 0.1) is 12.7 Å². The lowest BCUT2D eigenvalue weighted by atomic mass is 9.94. The molecular formula is C23H24FN5O2. The molecule has 0 bridgehead atoms. The van der Waals surface area contributed by atoms with Crippen molar-refractivity contribution in [2.24, 2.45) is 0 Å². The Labute approximate surface area is 179 Å². The zero-order valence-corrected chi connectivity index (χ0v) is 17.4. The molecule has 5 rings (SSSR count). The Morgan fingerprint density at radius 2 is 2.00 bits per heavy atom. The maximum Gasteiger partial charge on any atom is 0.272 e. The van der Waals surface area contributed by atoms with E-state index in [4.69, 9.17) is 0 Å². The first-order valence-corrected chi connectivity index (χ1v) is 10.8. The summed E-state index contributed by atoms with van der Waals surface area (Å²) < 4.78 is 16.6. The highest BCUT2D eigenvalue weighted by molar-refractivity contribution is 6.08. The third-order valence-corrected chi connectivity index (χ3v) is 6.25. The lowest BCUT2D eigenvalue weighted by Crippen LogP contribution is -2.15. The minimum absolute atomic E-state index is 0.0507. The molecule has 31 heavy (non-hydrogen) atoms. The maximum atomic E-state index is 14.6. The number of halogens is 1. The van der Waals surface area contributed by atoms with Gasteiger partial charge in [0.15, 0.2) is 11.6 Å². The van der Waals surface area contributed by atoms with Gasteiger partial charge in [-0.05, 0) is 56.4 Å². The van der Waals surface area contributed by atoms with Gasteiger partial charge in [-0.1, -0.05) is 6.42 Å². The standard InChI is InChI=1S/C23H24FN5O2/c1-13-20-16(6-5-7-18(20)30)25-21(13)23(31)26-17-12-14(9-10-15(17)24)22-28-27-19-8-3-2-4-11-29(19)22/h9-10,12,25H,2-8,11H2,1H3,(H,26,31). The summed E-state index contributed by atoms with van der Waals surface area (Å²) in [5.41, 5.74) is 3.11. The average Bonchev–Trinajstić information content (AvgIpc) is 3.22. The van der Waals surface area contributed by atoms with Crippen molar-refractivity contribution in [3.63, 3.8) is 0 Å². The van der Waals surface area contributed by atoms with Gasteiger partial charge in [0.1, 0.15) is 17.3 Å². The number of benzene rings is 1. The molecule has 0 fully saturated rings. The number of aryl methyl sites for hydroxylation is 2. The zero-order chi connectivity index (χ0) is 21.5. The Bertz CT molecular complexity index is 1190. The summed E-state index contributed by atoms with van der Waals surface area (Å²) in [5, 5.41) is 11.3. The van der Waals surface area contributed by atoms with E-state index < -0.39 is 11.7 Å². The molecular weight excluding hydrogens is 397 g/mol. The number of hydrogen-bond donors (Lipinski definition) is 2. The number of fused-ring (bicyclic) bond motifs is 2. The topological polar surface area (TPSA) is 92.7 Å². The van der Waals surface area contributed by atoms with Crippen LogP contribution in [-0.2, 0) is 19.4 Å². The van der Waals surface area contributed by atoms with Crippen molar-refractivity contribution in [3.05, 3.63) is 52.4 Å². The fraction of sp³-hybridized carbons (Fsp3) is 0.391. The van der Waals surface area contributed by atoms with E-state index in [0.717, 1.165) is 56.6 Å². The average molecular weight is 421 g/mol. The molecule has 1 aromatic carbocycles. The van der Waals surface area contributed by atoms with Gasteiger partial charge < -0.3 is 14.9 Å². The first kappa shape index (κ1) is 19.7. The van der Waals surface area contributed by atoms with Crippen LogP contribution in [-0.4, -0.2) is 31.4 Å². The van der Waals surface area contributed by atoms with Crippen molar-refractivity contribution in [2.75, 3.05) is 5.32 Å². The molecule has 2 aliphatic rings. The molecule has 0 saturated carbocycles. The van der Waals surface area contributed by atoms with E-state index in [1.165, 1.54) is 6.07 Å². The second kappa shape index (κ2) is 7.76. The highest BCUT2D eigenvalue weighted by Gasteiger charge is 2.27. The number of carbonyl (C=O) groups excluding carboxylic acids is 2. The summed E-state index contributed by atoms with van der Waals surface area (Å²) >= 11 is 0. The summed E-state index contributed by atoms with van der Waals surface area (Å²) in [6.45, 7) is 2.59. The van der Waals surface area contributed by atoms with Crippen molar-refractivity contribution < 1.29 is 14.0 Å². The highest BCUT2D eigenvalue weighted by Crippen LogP contribution is 2.29. The molecule has 3 aromatic rings. The second-order valence-electron chi connectivity index (χ2n) is 8.31. The molecule has 7 nitrogen and oxygen atoms in total. The zero-order valence-electron chi connectivity index (χ0n) is 17.4. The minimum atomic E-state index is -0.530. The molecule has 2 N–H and O–H groups in total. The Kier molecular flexibility index (Phi) is 4.92. The second-order valence-corrected chi connectivity index (χ2v) is 8.31. The van der Waals surface area contributed by atoms with Gasteiger partial charge in [-0.25, -0.2) is 4.39 Å². The fourth-order valence-electron chi connectivity index (χ4n) is 4.64. The van der Waals surface area contributed by atoms with Gasteiger partial charge in [0.2, 0.25) is 0 Å². The van der Waals surface area contributed by atoms with Crippen LogP contribution in [0.4, 0.5) is 10.1 Å². The third kappa shape index (κ3) is 3.45. The number of ketones is 1. The summed E-state index contributed by atoms with van der Waals surface area (Å²) in [6, 6.07) is 4.59. The van der Waals surface area contributed by atoms with E-state index in [9.17, 15) is 14.0 Å². The van der Waals surface area contributed by atoms with E-state index in [0.29, 0.717) is 34.6 Å². The summed E-state index contributed by atoms with van der Waals surface area (Å²) in [4.78, 5) is 28.3. The Hall–Kier alpha value is -3.29. The number of carbonyl (C=O) groups is 2. The van der Waals surface area contributed by atoms with Gasteiger partial charge in [0.25, 0.3) is 5.91 Å². The predicted octanol–water partition coefficient (Wildman–Crippen LogP) is 4.22. The summed E-state index contributed by atoms with van der Waals surface area (Å²) in [7, 11) is 0. The van der Waals surface area contributed by atoms with Crippen molar-refractivity contribution in [1.29, 1.82) is 0 Å². The Morgan fingerprint density at radius 1 is 1.13 bits per heavy atom. The van der Waals surface area contributed by atoms with Crippen LogP contribution in [0.2, 0.25) is 0 Å². The lowest BCUT2D eigenvalue weighted by Gasteiger charge is -2.10. The van der Waals surface area contributed by atoms with Crippen molar-refractivity contribution in [3.8, 4) is 11.4 Å². The number of nitrogens with zero attached hydrogens (tertiary/aromatic N) is 3. The molecule has 8 heteroatoms. The van der Waals surface area contributed by atoms with E-state index in [-0.39, 0.29) is 11.5 Å². The number of Topliss-reactive ketones (excluding diaryl/α,β-unsaturated/α-hetero) is 1. The largest absolute Gasteiger partial charge is 0.354 e. The van der Waals surface area contributed by atoms with E-state index in [1.54, 1.807) is 19.1 Å². The summed E-state index contributed by atoms with van der Waals surface area (Å²) in [6.07, 6.45) is 6.17. The quantitative estimate of drug-likeness (QED) is 0.662. The maximum absolute atomic E-state index is 14.6. The number of H-pyrrole nitrogens is 1. The van der Waals surface area contributed by atoms with Gasteiger partial charge in [0, 0.05) is 36.2 Å². The molecule has 0 spiro atoms. The first-order chi connectivity index (χ1) is 15.0. The van der Waals surface area contributed by atoms with Crippen molar-refractivity contribution >= 4 is 17.4 Å². The molecule has 2 aromatic heterocycles. The number of aromatic nitrogens is 4. The Balaban J connectivity index is 1.45. The van der Waals surface area contributed by atoms with Crippen LogP contribution in [0.1, 0.15) is 70.0 Å². The van der Waals surface area contributed by atoms with E-state index in [2.05, 4.69) is 25.1 Å². The summed E-state index contributed by atoms with van der Waals surface area (Å²) in [5.74, 6) is 0.687. The molecule has 0 atom stereocenters. The van der Waals surface area contributed by atoms with Gasteiger partial charge in [-0.3, -0.25) is 9.59 Å². The first-order valence-electron chi connectivity index (χ1n) is 10.8. The van der Waals surface area contributed by atoms with Crippen LogP contribution in [0.15, 0.2) is 18.2 Å². The van der Waals surface area contributed by atoms with Gasteiger partial charge in [-0.2, -0.15) is 0 Å².